The Morgan fingerprint density at radius 1 is 1.59 bits per heavy atom. The van der Waals surface area contributed by atoms with Gasteiger partial charge in [-0.15, -0.1) is 0 Å². The molecule has 0 unspecified atom stereocenters. The summed E-state index contributed by atoms with van der Waals surface area (Å²) in [5, 5.41) is 3.98. The van der Waals surface area contributed by atoms with Crippen LogP contribution in [0, 0.1) is 0 Å². The van der Waals surface area contributed by atoms with Gasteiger partial charge in [0.05, 0.1) is 12.1 Å². The van der Waals surface area contributed by atoms with E-state index in [9.17, 15) is 4.79 Å². The van der Waals surface area contributed by atoms with E-state index in [0.29, 0.717) is 12.3 Å². The highest BCUT2D eigenvalue weighted by Gasteiger charge is 2.16. The fourth-order valence-electron chi connectivity index (χ4n) is 1.89. The number of ether oxygens (including phenoxy) is 1. The monoisotopic (exact) mass is 233 g/mol. The second kappa shape index (κ2) is 4.45. The van der Waals surface area contributed by atoms with Gasteiger partial charge in [0, 0.05) is 25.7 Å². The normalized spacial score (nSPS) is 10.5. The number of fused-ring (bicyclic) bond motifs is 1. The van der Waals surface area contributed by atoms with Gasteiger partial charge in [-0.25, -0.2) is 9.78 Å². The molecule has 0 radical (unpaired) electrons. The van der Waals surface area contributed by atoms with Crippen molar-refractivity contribution in [1.82, 2.24) is 9.55 Å². The van der Waals surface area contributed by atoms with E-state index in [4.69, 9.17) is 4.74 Å². The fraction of sp³-hybridized carbons (Fsp3) is 0.333. The third-order valence-corrected chi connectivity index (χ3v) is 2.67. The van der Waals surface area contributed by atoms with E-state index >= 15 is 0 Å². The Kier molecular flexibility index (Phi) is 2.99. The lowest BCUT2D eigenvalue weighted by Crippen LogP contribution is -2.10. The number of pyridine rings is 1. The summed E-state index contributed by atoms with van der Waals surface area (Å²) in [7, 11) is 3.63. The molecule has 5 heteroatoms. The zero-order valence-corrected chi connectivity index (χ0v) is 10.2. The number of rotatable bonds is 3. The van der Waals surface area contributed by atoms with Gasteiger partial charge in [0.15, 0.2) is 0 Å². The van der Waals surface area contributed by atoms with Gasteiger partial charge < -0.3 is 14.6 Å². The third-order valence-electron chi connectivity index (χ3n) is 2.67. The maximum atomic E-state index is 11.8. The van der Waals surface area contributed by atoms with Crippen molar-refractivity contribution in [1.29, 1.82) is 0 Å². The van der Waals surface area contributed by atoms with E-state index in [1.54, 1.807) is 24.7 Å². The summed E-state index contributed by atoms with van der Waals surface area (Å²) >= 11 is 0. The molecule has 0 atom stereocenters. The molecule has 0 aliphatic rings. The van der Waals surface area contributed by atoms with Crippen molar-refractivity contribution in [3.8, 4) is 0 Å². The van der Waals surface area contributed by atoms with Gasteiger partial charge in [0.1, 0.15) is 11.5 Å². The van der Waals surface area contributed by atoms with Crippen molar-refractivity contribution in [2.24, 2.45) is 7.05 Å². The quantitative estimate of drug-likeness (QED) is 0.821. The van der Waals surface area contributed by atoms with Gasteiger partial charge in [0.2, 0.25) is 0 Å². The molecule has 1 N–H and O–H groups in total. The van der Waals surface area contributed by atoms with E-state index in [0.717, 1.165) is 16.7 Å². The number of hydrogen-bond donors (Lipinski definition) is 1. The minimum atomic E-state index is -0.312. The van der Waals surface area contributed by atoms with Gasteiger partial charge in [-0.05, 0) is 19.1 Å². The van der Waals surface area contributed by atoms with Crippen molar-refractivity contribution in [3.63, 3.8) is 0 Å². The van der Waals surface area contributed by atoms with Crippen LogP contribution in [-0.2, 0) is 11.8 Å². The molecule has 5 nitrogen and oxygen atoms in total. The van der Waals surface area contributed by atoms with Crippen LogP contribution < -0.4 is 5.32 Å². The van der Waals surface area contributed by atoms with Crippen LogP contribution >= 0.6 is 0 Å². The van der Waals surface area contributed by atoms with Crippen LogP contribution in [0.3, 0.4) is 0 Å². The summed E-state index contributed by atoms with van der Waals surface area (Å²) in [6.07, 6.45) is 1.71. The first-order chi connectivity index (χ1) is 8.19. The summed E-state index contributed by atoms with van der Waals surface area (Å²) in [5.74, 6) is 0.439. The first-order valence-electron chi connectivity index (χ1n) is 5.48. The number of aryl methyl sites for hydroxylation is 1. The maximum Gasteiger partial charge on any atom is 0.354 e. The second-order valence-electron chi connectivity index (χ2n) is 3.66. The molecule has 2 aromatic rings. The molecule has 0 amide bonds. The van der Waals surface area contributed by atoms with Gasteiger partial charge in [-0.3, -0.25) is 0 Å². The lowest BCUT2D eigenvalue weighted by atomic mass is 10.3. The average molecular weight is 233 g/mol. The van der Waals surface area contributed by atoms with Gasteiger partial charge in [-0.2, -0.15) is 0 Å². The predicted molar refractivity (Wildman–Crippen MR) is 66.2 cm³/mol. The Balaban J connectivity index is 2.61. The lowest BCUT2D eigenvalue weighted by Gasteiger charge is -2.06. The first-order valence-corrected chi connectivity index (χ1v) is 5.48. The minimum Gasteiger partial charge on any atom is -0.461 e. The maximum absolute atomic E-state index is 11.8. The highest BCUT2D eigenvalue weighted by atomic mass is 16.5. The molecule has 0 bridgehead atoms. The molecule has 0 aliphatic heterocycles. The summed E-state index contributed by atoms with van der Waals surface area (Å²) in [6, 6.07) is 3.69. The molecule has 0 fully saturated rings. The molecule has 0 spiro atoms. The Labute approximate surface area is 99.4 Å². The molecular weight excluding hydrogens is 218 g/mol. The van der Waals surface area contributed by atoms with E-state index < -0.39 is 0 Å². The number of anilines is 1. The van der Waals surface area contributed by atoms with E-state index in [-0.39, 0.29) is 5.97 Å². The number of nitrogens with one attached hydrogen (secondary N) is 1. The highest BCUT2D eigenvalue weighted by molar-refractivity contribution is 5.98. The zero-order chi connectivity index (χ0) is 12.4. The molecule has 0 aliphatic carbocycles. The summed E-state index contributed by atoms with van der Waals surface area (Å²) in [6.45, 7) is 2.17. The first kappa shape index (κ1) is 11.4. The lowest BCUT2D eigenvalue weighted by molar-refractivity contribution is 0.0516. The molecule has 17 heavy (non-hydrogen) atoms. The Bertz CT molecular complexity index is 560. The Hall–Kier alpha value is -2.04. The van der Waals surface area contributed by atoms with Crippen LogP contribution in [0.2, 0.25) is 0 Å². The minimum absolute atomic E-state index is 0.312. The topological polar surface area (TPSA) is 56.1 Å². The number of aromatic nitrogens is 2. The van der Waals surface area contributed by atoms with Crippen molar-refractivity contribution >= 4 is 22.7 Å². The number of carbonyl (C=O) groups is 1. The number of carbonyl (C=O) groups excluding carboxylic acids is 1. The summed E-state index contributed by atoms with van der Waals surface area (Å²) in [4.78, 5) is 16.0. The van der Waals surface area contributed by atoms with Crippen LogP contribution in [0.1, 0.15) is 17.4 Å². The molecule has 0 saturated carbocycles. The molecular formula is C12H15N3O2. The van der Waals surface area contributed by atoms with Crippen LogP contribution in [0.15, 0.2) is 18.3 Å². The van der Waals surface area contributed by atoms with Crippen LogP contribution in [-0.4, -0.2) is 29.2 Å². The molecule has 0 saturated heterocycles. The molecule has 0 aromatic carbocycles. The average Bonchev–Trinajstić information content (AvgIpc) is 2.67. The van der Waals surface area contributed by atoms with Crippen LogP contribution in [0.5, 0.6) is 0 Å². The van der Waals surface area contributed by atoms with E-state index in [1.807, 2.05) is 19.2 Å². The summed E-state index contributed by atoms with van der Waals surface area (Å²) < 4.78 is 6.81. The Morgan fingerprint density at radius 3 is 3.00 bits per heavy atom. The van der Waals surface area contributed by atoms with E-state index in [1.165, 1.54) is 0 Å². The fourth-order valence-corrected chi connectivity index (χ4v) is 1.89. The van der Waals surface area contributed by atoms with Crippen molar-refractivity contribution in [2.45, 2.75) is 6.92 Å². The van der Waals surface area contributed by atoms with E-state index in [2.05, 4.69) is 10.3 Å². The SMILES string of the molecule is CCOC(=O)c1cc2ccnc(NC)c2n1C. The second-order valence-corrected chi connectivity index (χ2v) is 3.66. The van der Waals surface area contributed by atoms with Crippen molar-refractivity contribution in [3.05, 3.63) is 24.0 Å². The number of hydrogen-bond acceptors (Lipinski definition) is 4. The highest BCUT2D eigenvalue weighted by Crippen LogP contribution is 2.24. The van der Waals surface area contributed by atoms with Crippen molar-refractivity contribution in [2.75, 3.05) is 19.0 Å². The largest absolute Gasteiger partial charge is 0.461 e. The number of esters is 1. The predicted octanol–water partition coefficient (Wildman–Crippen LogP) is 1.79. The standard InChI is InChI=1S/C12H15N3O2/c1-4-17-12(16)9-7-8-5-6-14-11(13-2)10(8)15(9)3/h5-7H,4H2,1-3H3,(H,13,14). The smallest absolute Gasteiger partial charge is 0.354 e. The molecule has 2 rings (SSSR count). The molecule has 2 heterocycles. The van der Waals surface area contributed by atoms with Gasteiger partial charge in [-0.1, -0.05) is 0 Å². The van der Waals surface area contributed by atoms with Crippen molar-refractivity contribution < 1.29 is 9.53 Å². The molecule has 2 aromatic heterocycles. The molecule has 90 valence electrons. The van der Waals surface area contributed by atoms with Crippen LogP contribution in [0.25, 0.3) is 10.9 Å². The summed E-state index contributed by atoms with van der Waals surface area (Å²) in [5.41, 5.74) is 1.43. The zero-order valence-electron chi connectivity index (χ0n) is 10.2. The third kappa shape index (κ3) is 1.84. The van der Waals surface area contributed by atoms with Gasteiger partial charge >= 0.3 is 5.97 Å². The van der Waals surface area contributed by atoms with Crippen LogP contribution in [0.4, 0.5) is 5.82 Å². The Morgan fingerprint density at radius 2 is 2.35 bits per heavy atom. The number of nitrogens with zero attached hydrogens (tertiary/aromatic N) is 2. The van der Waals surface area contributed by atoms with Gasteiger partial charge in [0.25, 0.3) is 0 Å².